The van der Waals surface area contributed by atoms with Crippen LogP contribution in [0.5, 0.6) is 0 Å². The van der Waals surface area contributed by atoms with Crippen LogP contribution in [0.2, 0.25) is 0 Å². The van der Waals surface area contributed by atoms with E-state index in [2.05, 4.69) is 4.90 Å². The topological polar surface area (TPSA) is 3.24 Å². The van der Waals surface area contributed by atoms with E-state index in [0.717, 1.165) is 18.6 Å². The van der Waals surface area contributed by atoms with Crippen LogP contribution in [0.4, 0.5) is 0 Å². The zero-order valence-electron chi connectivity index (χ0n) is 11.4. The molecule has 0 radical (unpaired) electrons. The van der Waals surface area contributed by atoms with Gasteiger partial charge in [0.15, 0.2) is 0 Å². The summed E-state index contributed by atoms with van der Waals surface area (Å²) in [4.78, 5) is 2.73. The van der Waals surface area contributed by atoms with E-state index in [1.165, 1.54) is 64.2 Å². The first-order valence-corrected chi connectivity index (χ1v) is 8.74. The Hall–Kier alpha value is 0.540. The summed E-state index contributed by atoms with van der Waals surface area (Å²) in [7, 11) is 0. The van der Waals surface area contributed by atoms with E-state index in [0.29, 0.717) is 5.88 Å². The molecule has 0 amide bonds. The molecule has 1 atom stereocenters. The molecule has 0 aliphatic heterocycles. The molecule has 0 saturated heterocycles. The zero-order chi connectivity index (χ0) is 12.8. The number of halogens is 2. The van der Waals surface area contributed by atoms with Gasteiger partial charge in [0.1, 0.15) is 0 Å². The Bertz CT molecular complexity index is 205. The van der Waals surface area contributed by atoms with Gasteiger partial charge in [-0.3, -0.25) is 4.90 Å². The normalized spacial score (nSPS) is 25.5. The van der Waals surface area contributed by atoms with Gasteiger partial charge in [0.25, 0.3) is 0 Å². The first-order valence-electron chi connectivity index (χ1n) is 7.77. The molecule has 0 N–H and O–H groups in total. The van der Waals surface area contributed by atoms with Crippen molar-refractivity contribution in [2.75, 3.05) is 12.4 Å². The summed E-state index contributed by atoms with van der Waals surface area (Å²) < 4.78 is 0. The van der Waals surface area contributed by atoms with Crippen molar-refractivity contribution in [1.29, 1.82) is 0 Å². The second kappa shape index (κ2) is 7.97. The fraction of sp³-hybridized carbons (Fsp3) is 1.00. The highest BCUT2D eigenvalue weighted by Gasteiger charge is 2.29. The van der Waals surface area contributed by atoms with Crippen molar-refractivity contribution in [3.05, 3.63) is 0 Å². The van der Waals surface area contributed by atoms with Crippen LogP contribution in [0.25, 0.3) is 0 Å². The highest BCUT2D eigenvalue weighted by Crippen LogP contribution is 2.30. The van der Waals surface area contributed by atoms with Gasteiger partial charge < -0.3 is 0 Å². The van der Waals surface area contributed by atoms with Gasteiger partial charge >= 0.3 is 0 Å². The lowest BCUT2D eigenvalue weighted by Crippen LogP contribution is -2.48. The lowest BCUT2D eigenvalue weighted by atomic mass is 9.88. The van der Waals surface area contributed by atoms with E-state index in [1.54, 1.807) is 0 Å². The van der Waals surface area contributed by atoms with Crippen molar-refractivity contribution in [1.82, 2.24) is 4.90 Å². The fourth-order valence-electron chi connectivity index (χ4n) is 3.70. The molecule has 2 aliphatic rings. The van der Waals surface area contributed by atoms with E-state index in [-0.39, 0.29) is 5.38 Å². The van der Waals surface area contributed by atoms with Crippen LogP contribution in [0.15, 0.2) is 0 Å². The molecular formula is C15H27Cl2N. The molecule has 3 heteroatoms. The zero-order valence-corrected chi connectivity index (χ0v) is 12.9. The van der Waals surface area contributed by atoms with E-state index in [4.69, 9.17) is 23.2 Å². The maximum absolute atomic E-state index is 6.32. The van der Waals surface area contributed by atoms with E-state index >= 15 is 0 Å². The molecule has 2 rings (SSSR count). The third-order valence-corrected chi connectivity index (χ3v) is 5.49. The van der Waals surface area contributed by atoms with Gasteiger partial charge in [0.2, 0.25) is 0 Å². The summed E-state index contributed by atoms with van der Waals surface area (Å²) >= 11 is 12.2. The molecule has 2 aliphatic carbocycles. The second-order valence-corrected chi connectivity index (χ2v) is 6.96. The van der Waals surface area contributed by atoms with Gasteiger partial charge in [-0.05, 0) is 25.7 Å². The Labute approximate surface area is 122 Å². The maximum atomic E-state index is 6.32. The molecule has 0 aromatic rings. The van der Waals surface area contributed by atoms with Crippen LogP contribution in [0.3, 0.4) is 0 Å². The molecule has 1 unspecified atom stereocenters. The van der Waals surface area contributed by atoms with Crippen molar-refractivity contribution >= 4 is 23.2 Å². The van der Waals surface area contributed by atoms with Crippen molar-refractivity contribution in [3.8, 4) is 0 Å². The Morgan fingerprint density at radius 2 is 1.28 bits per heavy atom. The molecular weight excluding hydrogens is 265 g/mol. The van der Waals surface area contributed by atoms with E-state index < -0.39 is 0 Å². The molecule has 106 valence electrons. The Morgan fingerprint density at radius 1 is 0.833 bits per heavy atom. The quantitative estimate of drug-likeness (QED) is 0.658. The van der Waals surface area contributed by atoms with Crippen molar-refractivity contribution in [2.45, 2.75) is 81.7 Å². The van der Waals surface area contributed by atoms with Crippen molar-refractivity contribution < 1.29 is 0 Å². The summed E-state index contributed by atoms with van der Waals surface area (Å²) in [6.07, 6.45) is 14.0. The molecule has 0 spiro atoms. The summed E-state index contributed by atoms with van der Waals surface area (Å²) in [6.45, 7) is 1.00. The lowest BCUT2D eigenvalue weighted by Gasteiger charge is -2.42. The minimum atomic E-state index is 0.121. The summed E-state index contributed by atoms with van der Waals surface area (Å²) in [6, 6.07) is 1.57. The number of rotatable bonds is 5. The SMILES string of the molecule is ClCC(Cl)CN(C1CCCCC1)C1CCCCC1. The number of alkyl halides is 2. The largest absolute Gasteiger partial charge is 0.296 e. The smallest absolute Gasteiger partial charge is 0.0598 e. The van der Waals surface area contributed by atoms with Crippen LogP contribution in [-0.2, 0) is 0 Å². The van der Waals surface area contributed by atoms with Crippen LogP contribution in [0, 0.1) is 0 Å². The van der Waals surface area contributed by atoms with Gasteiger partial charge in [-0.25, -0.2) is 0 Å². The monoisotopic (exact) mass is 291 g/mol. The number of hydrogen-bond donors (Lipinski definition) is 0. The third-order valence-electron chi connectivity index (χ3n) is 4.66. The fourth-order valence-corrected chi connectivity index (χ4v) is 3.96. The molecule has 1 nitrogen and oxygen atoms in total. The predicted octanol–water partition coefficient (Wildman–Crippen LogP) is 4.80. The van der Waals surface area contributed by atoms with Crippen LogP contribution >= 0.6 is 23.2 Å². The Kier molecular flexibility index (Phi) is 6.61. The van der Waals surface area contributed by atoms with Gasteiger partial charge in [-0.2, -0.15) is 0 Å². The molecule has 2 saturated carbocycles. The Balaban J connectivity index is 1.95. The molecule has 0 aromatic heterocycles. The van der Waals surface area contributed by atoms with Crippen LogP contribution < -0.4 is 0 Å². The first kappa shape index (κ1) is 14.9. The van der Waals surface area contributed by atoms with Crippen molar-refractivity contribution in [2.24, 2.45) is 0 Å². The number of nitrogens with zero attached hydrogens (tertiary/aromatic N) is 1. The molecule has 0 heterocycles. The standard InChI is InChI=1S/C15H27Cl2N/c16-11-13(17)12-18(14-7-3-1-4-8-14)15-9-5-2-6-10-15/h13-15H,1-12H2. The lowest BCUT2D eigenvalue weighted by molar-refractivity contribution is 0.0821. The van der Waals surface area contributed by atoms with Crippen LogP contribution in [0.1, 0.15) is 64.2 Å². The second-order valence-electron chi connectivity index (χ2n) is 6.03. The predicted molar refractivity (Wildman–Crippen MR) is 80.8 cm³/mol. The first-order chi connectivity index (χ1) is 8.81. The highest BCUT2D eigenvalue weighted by atomic mass is 35.5. The highest BCUT2D eigenvalue weighted by molar-refractivity contribution is 6.28. The summed E-state index contributed by atoms with van der Waals surface area (Å²) in [5.74, 6) is 0.581. The maximum Gasteiger partial charge on any atom is 0.0598 e. The third kappa shape index (κ3) is 4.28. The minimum absolute atomic E-state index is 0.121. The average Bonchev–Trinajstić information content (AvgIpc) is 2.46. The minimum Gasteiger partial charge on any atom is -0.296 e. The summed E-state index contributed by atoms with van der Waals surface area (Å²) in [5.41, 5.74) is 0. The molecule has 0 bridgehead atoms. The summed E-state index contributed by atoms with van der Waals surface area (Å²) in [5, 5.41) is 0.121. The molecule has 18 heavy (non-hydrogen) atoms. The van der Waals surface area contributed by atoms with Gasteiger partial charge in [-0.15, -0.1) is 23.2 Å². The van der Waals surface area contributed by atoms with Gasteiger partial charge in [0.05, 0.1) is 5.38 Å². The molecule has 0 aromatic carbocycles. The van der Waals surface area contributed by atoms with Crippen LogP contribution in [-0.4, -0.2) is 34.8 Å². The van der Waals surface area contributed by atoms with Gasteiger partial charge in [-0.1, -0.05) is 38.5 Å². The Morgan fingerprint density at radius 3 is 1.67 bits per heavy atom. The average molecular weight is 292 g/mol. The molecule has 2 fully saturated rings. The van der Waals surface area contributed by atoms with Crippen molar-refractivity contribution in [3.63, 3.8) is 0 Å². The number of hydrogen-bond acceptors (Lipinski definition) is 1. The van der Waals surface area contributed by atoms with E-state index in [9.17, 15) is 0 Å². The van der Waals surface area contributed by atoms with Gasteiger partial charge in [0, 0.05) is 24.5 Å². The van der Waals surface area contributed by atoms with E-state index in [1.807, 2.05) is 0 Å².